The lowest BCUT2D eigenvalue weighted by Gasteiger charge is -2.15. The van der Waals surface area contributed by atoms with Gasteiger partial charge in [0.15, 0.2) is 11.5 Å². The lowest BCUT2D eigenvalue weighted by atomic mass is 10.1. The molecule has 0 aliphatic heterocycles. The average molecular weight is 326 g/mol. The highest BCUT2D eigenvalue weighted by atomic mass is 16.7. The number of carbonyl (C=O) groups is 2. The van der Waals surface area contributed by atoms with Crippen LogP contribution in [0.15, 0.2) is 18.2 Å². The number of nitrogens with one attached hydrogen (secondary N) is 1. The molecule has 1 aromatic carbocycles. The number of ether oxygens (including phenoxy) is 2. The molecule has 5 N–H and O–H groups in total. The van der Waals surface area contributed by atoms with Gasteiger partial charge in [0, 0.05) is 6.42 Å². The van der Waals surface area contributed by atoms with Gasteiger partial charge in [-0.3, -0.25) is 9.59 Å². The lowest BCUT2D eigenvalue weighted by Crippen LogP contribution is -2.38. The van der Waals surface area contributed by atoms with Crippen LogP contribution in [0.3, 0.4) is 0 Å². The molecule has 0 fully saturated rings. The molecule has 0 unspecified atom stereocenters. The fraction of sp³-hybridized carbons (Fsp3) is 0.467. The van der Waals surface area contributed by atoms with E-state index in [-0.39, 0.29) is 24.3 Å². The maximum Gasteiger partial charge on any atom is 0.326 e. The van der Waals surface area contributed by atoms with Gasteiger partial charge in [0.25, 0.3) is 0 Å². The van der Waals surface area contributed by atoms with E-state index in [1.54, 1.807) is 13.1 Å². The van der Waals surface area contributed by atoms with Crippen molar-refractivity contribution in [2.45, 2.75) is 25.3 Å². The standard InChI is InChI=1S/C15H22N2O6/c1-17-11(7-10-4-5-12(18)13(19)8-10)15(21)23-9-22-14(20)3-2-6-16/h4-5,8,11,17-19H,2-3,6-7,9,16H2,1H3/t11-/m0/s1. The van der Waals surface area contributed by atoms with E-state index in [0.717, 1.165) is 0 Å². The Morgan fingerprint density at radius 1 is 1.26 bits per heavy atom. The van der Waals surface area contributed by atoms with E-state index in [1.165, 1.54) is 12.1 Å². The zero-order valence-corrected chi connectivity index (χ0v) is 12.9. The van der Waals surface area contributed by atoms with Crippen molar-refractivity contribution < 1.29 is 29.3 Å². The summed E-state index contributed by atoms with van der Waals surface area (Å²) in [5.41, 5.74) is 5.91. The van der Waals surface area contributed by atoms with Crippen molar-refractivity contribution in [3.63, 3.8) is 0 Å². The number of aromatic hydroxyl groups is 2. The maximum absolute atomic E-state index is 11.9. The highest BCUT2D eigenvalue weighted by molar-refractivity contribution is 5.76. The number of benzene rings is 1. The van der Waals surface area contributed by atoms with Crippen LogP contribution in [0.5, 0.6) is 11.5 Å². The second kappa shape index (κ2) is 9.65. The van der Waals surface area contributed by atoms with Crippen molar-refractivity contribution >= 4 is 11.9 Å². The van der Waals surface area contributed by atoms with Gasteiger partial charge in [-0.25, -0.2) is 0 Å². The zero-order chi connectivity index (χ0) is 17.2. The van der Waals surface area contributed by atoms with Gasteiger partial charge in [-0.1, -0.05) is 6.07 Å². The Bertz CT molecular complexity index is 535. The number of phenolic OH excluding ortho intramolecular Hbond substituents is 2. The van der Waals surface area contributed by atoms with Gasteiger partial charge in [0.1, 0.15) is 6.04 Å². The van der Waals surface area contributed by atoms with E-state index < -0.39 is 24.8 Å². The SMILES string of the molecule is CN[C@@H](Cc1ccc(O)c(O)c1)C(=O)OCOC(=O)CCCN. The van der Waals surface area contributed by atoms with Crippen LogP contribution < -0.4 is 11.1 Å². The van der Waals surface area contributed by atoms with Gasteiger partial charge in [-0.05, 0) is 44.1 Å². The Balaban J connectivity index is 2.45. The minimum Gasteiger partial charge on any atom is -0.504 e. The molecule has 8 heteroatoms. The van der Waals surface area contributed by atoms with Crippen LogP contribution in [0.25, 0.3) is 0 Å². The normalized spacial score (nSPS) is 11.7. The van der Waals surface area contributed by atoms with E-state index in [4.69, 9.17) is 15.2 Å². The Labute approximate surface area is 134 Å². The predicted octanol–water partition coefficient (Wildman–Crippen LogP) is 0.0111. The van der Waals surface area contributed by atoms with Crippen molar-refractivity contribution in [2.24, 2.45) is 5.73 Å². The molecule has 128 valence electrons. The number of rotatable bonds is 9. The molecule has 0 aromatic heterocycles. The minimum atomic E-state index is -0.679. The third kappa shape index (κ3) is 6.54. The third-order valence-corrected chi connectivity index (χ3v) is 3.12. The van der Waals surface area contributed by atoms with Crippen LogP contribution in [-0.2, 0) is 25.5 Å². The first-order chi connectivity index (χ1) is 11.0. The maximum atomic E-state index is 11.9. The van der Waals surface area contributed by atoms with Crippen LogP contribution >= 0.6 is 0 Å². The fourth-order valence-electron chi connectivity index (χ4n) is 1.81. The van der Waals surface area contributed by atoms with E-state index in [2.05, 4.69) is 5.32 Å². The highest BCUT2D eigenvalue weighted by Crippen LogP contribution is 2.25. The molecule has 0 spiro atoms. The molecule has 0 radical (unpaired) electrons. The first-order valence-electron chi connectivity index (χ1n) is 7.18. The molecule has 1 rings (SSSR count). The summed E-state index contributed by atoms with van der Waals surface area (Å²) in [6, 6.07) is 3.60. The smallest absolute Gasteiger partial charge is 0.326 e. The van der Waals surface area contributed by atoms with Gasteiger partial charge in [0.05, 0.1) is 0 Å². The molecular weight excluding hydrogens is 304 g/mol. The quantitative estimate of drug-likeness (QED) is 0.283. The predicted molar refractivity (Wildman–Crippen MR) is 81.7 cm³/mol. The second-order valence-electron chi connectivity index (χ2n) is 4.86. The molecule has 0 amide bonds. The Morgan fingerprint density at radius 2 is 2.00 bits per heavy atom. The van der Waals surface area contributed by atoms with Crippen molar-refractivity contribution in [1.82, 2.24) is 5.32 Å². The summed E-state index contributed by atoms with van der Waals surface area (Å²) in [7, 11) is 1.58. The molecule has 1 aromatic rings. The van der Waals surface area contributed by atoms with E-state index in [9.17, 15) is 19.8 Å². The third-order valence-electron chi connectivity index (χ3n) is 3.12. The molecule has 0 aliphatic rings. The average Bonchev–Trinajstić information content (AvgIpc) is 2.53. The van der Waals surface area contributed by atoms with Crippen LogP contribution in [-0.4, -0.2) is 48.6 Å². The van der Waals surface area contributed by atoms with Crippen molar-refractivity contribution in [2.75, 3.05) is 20.4 Å². The number of phenols is 2. The molecule has 23 heavy (non-hydrogen) atoms. The van der Waals surface area contributed by atoms with Crippen molar-refractivity contribution in [3.8, 4) is 11.5 Å². The molecular formula is C15H22N2O6. The van der Waals surface area contributed by atoms with E-state index in [0.29, 0.717) is 18.5 Å². The minimum absolute atomic E-state index is 0.177. The molecule has 0 saturated carbocycles. The van der Waals surface area contributed by atoms with Gasteiger partial charge in [-0.15, -0.1) is 0 Å². The largest absolute Gasteiger partial charge is 0.504 e. The van der Waals surface area contributed by atoms with Crippen molar-refractivity contribution in [1.29, 1.82) is 0 Å². The second-order valence-corrected chi connectivity index (χ2v) is 4.86. The van der Waals surface area contributed by atoms with Gasteiger partial charge >= 0.3 is 11.9 Å². The monoisotopic (exact) mass is 326 g/mol. The Kier molecular flexibility index (Phi) is 7.86. The summed E-state index contributed by atoms with van der Waals surface area (Å²) < 4.78 is 9.64. The van der Waals surface area contributed by atoms with Crippen LogP contribution in [0.4, 0.5) is 0 Å². The highest BCUT2D eigenvalue weighted by Gasteiger charge is 2.19. The summed E-state index contributed by atoms with van der Waals surface area (Å²) in [6.07, 6.45) is 0.927. The van der Waals surface area contributed by atoms with Gasteiger partial charge in [-0.2, -0.15) is 0 Å². The molecule has 0 heterocycles. The van der Waals surface area contributed by atoms with E-state index in [1.807, 2.05) is 0 Å². The number of likely N-dealkylation sites (N-methyl/N-ethyl adjacent to an activating group) is 1. The zero-order valence-electron chi connectivity index (χ0n) is 12.9. The number of nitrogens with two attached hydrogens (primary N) is 1. The number of hydrogen-bond acceptors (Lipinski definition) is 8. The summed E-state index contributed by atoms with van der Waals surface area (Å²) in [4.78, 5) is 23.2. The molecule has 1 atom stereocenters. The van der Waals surface area contributed by atoms with Crippen LogP contribution in [0.2, 0.25) is 0 Å². The number of carbonyl (C=O) groups excluding carboxylic acids is 2. The summed E-state index contributed by atoms with van der Waals surface area (Å²) in [6.45, 7) is -0.0720. The van der Waals surface area contributed by atoms with Crippen molar-refractivity contribution in [3.05, 3.63) is 23.8 Å². The summed E-state index contributed by atoms with van der Waals surface area (Å²) >= 11 is 0. The molecule has 0 bridgehead atoms. The molecule has 0 aliphatic carbocycles. The first-order valence-corrected chi connectivity index (χ1v) is 7.18. The topological polar surface area (TPSA) is 131 Å². The fourth-order valence-corrected chi connectivity index (χ4v) is 1.81. The molecule has 0 saturated heterocycles. The van der Waals surface area contributed by atoms with Crippen LogP contribution in [0, 0.1) is 0 Å². The lowest BCUT2D eigenvalue weighted by molar-refractivity contribution is -0.168. The summed E-state index contributed by atoms with van der Waals surface area (Å²) in [5.74, 6) is -1.57. The summed E-state index contributed by atoms with van der Waals surface area (Å²) in [5, 5.41) is 21.5. The van der Waals surface area contributed by atoms with E-state index >= 15 is 0 Å². The van der Waals surface area contributed by atoms with Gasteiger partial charge in [0.2, 0.25) is 6.79 Å². The Morgan fingerprint density at radius 3 is 2.61 bits per heavy atom. The first kappa shape index (κ1) is 18.7. The Hall–Kier alpha value is -2.32. The van der Waals surface area contributed by atoms with Gasteiger partial charge < -0.3 is 30.7 Å². The van der Waals surface area contributed by atoms with Crippen LogP contribution in [0.1, 0.15) is 18.4 Å². The molecule has 8 nitrogen and oxygen atoms in total. The number of hydrogen-bond donors (Lipinski definition) is 4. The number of esters is 2.